The average Bonchev–Trinajstić information content (AvgIpc) is 2.80. The van der Waals surface area contributed by atoms with Crippen molar-refractivity contribution in [2.75, 3.05) is 13.1 Å². The van der Waals surface area contributed by atoms with Crippen molar-refractivity contribution >= 4 is 21.4 Å². The highest BCUT2D eigenvalue weighted by Crippen LogP contribution is 2.16. The van der Waals surface area contributed by atoms with Crippen LogP contribution in [0.15, 0.2) is 28.5 Å². The fourth-order valence-corrected chi connectivity index (χ4v) is 2.66. The second kappa shape index (κ2) is 5.98. The minimum Gasteiger partial charge on any atom is -0.317 e. The monoisotopic (exact) mass is 250 g/mol. The van der Waals surface area contributed by atoms with E-state index in [1.165, 1.54) is 0 Å². The maximum absolute atomic E-state index is 12.1. The lowest BCUT2D eigenvalue weighted by Gasteiger charge is -2.05. The summed E-state index contributed by atoms with van der Waals surface area (Å²) in [6.07, 6.45) is 4.07. The van der Waals surface area contributed by atoms with Crippen molar-refractivity contribution in [1.82, 2.24) is 9.88 Å². The van der Waals surface area contributed by atoms with Crippen LogP contribution in [0.1, 0.15) is 19.8 Å². The molecule has 0 spiro atoms. The van der Waals surface area contributed by atoms with E-state index < -0.39 is 0 Å². The van der Waals surface area contributed by atoms with Gasteiger partial charge in [-0.15, -0.1) is 11.3 Å². The van der Waals surface area contributed by atoms with Crippen molar-refractivity contribution in [3.05, 3.63) is 34.1 Å². The standard InChI is InChI=1S/C13H18N2OS/c1-2-14-7-3-4-8-15-9-5-12-11(13(15)16)6-10-17-12/h5-6,9-10,14H,2-4,7-8H2,1H3. The van der Waals surface area contributed by atoms with Gasteiger partial charge >= 0.3 is 0 Å². The number of hydrogen-bond donors (Lipinski definition) is 1. The van der Waals surface area contributed by atoms with Crippen molar-refractivity contribution in [3.63, 3.8) is 0 Å². The number of hydrogen-bond acceptors (Lipinski definition) is 3. The molecule has 1 N–H and O–H groups in total. The highest BCUT2D eigenvalue weighted by molar-refractivity contribution is 7.17. The Balaban J connectivity index is 1.99. The molecule has 0 bridgehead atoms. The Labute approximate surface area is 105 Å². The lowest BCUT2D eigenvalue weighted by atomic mass is 10.3. The molecular weight excluding hydrogens is 232 g/mol. The second-order valence-electron chi connectivity index (χ2n) is 4.07. The van der Waals surface area contributed by atoms with E-state index >= 15 is 0 Å². The summed E-state index contributed by atoms with van der Waals surface area (Å²) in [7, 11) is 0. The molecule has 17 heavy (non-hydrogen) atoms. The molecule has 0 saturated carbocycles. The Morgan fingerprint density at radius 2 is 2.24 bits per heavy atom. The number of nitrogens with zero attached hydrogens (tertiary/aromatic N) is 1. The van der Waals surface area contributed by atoms with E-state index in [1.54, 1.807) is 11.3 Å². The van der Waals surface area contributed by atoms with Gasteiger partial charge < -0.3 is 9.88 Å². The molecule has 2 rings (SSSR count). The maximum Gasteiger partial charge on any atom is 0.259 e. The fraction of sp³-hybridized carbons (Fsp3) is 0.462. The number of pyridine rings is 1. The molecule has 92 valence electrons. The fourth-order valence-electron chi connectivity index (χ4n) is 1.89. The molecule has 0 aliphatic carbocycles. The molecule has 2 aromatic rings. The summed E-state index contributed by atoms with van der Waals surface area (Å²) in [5.41, 5.74) is 0.146. The minimum atomic E-state index is 0.146. The Morgan fingerprint density at radius 3 is 3.06 bits per heavy atom. The summed E-state index contributed by atoms with van der Waals surface area (Å²) in [5, 5.41) is 6.11. The molecule has 0 saturated heterocycles. The number of nitrogens with one attached hydrogen (secondary N) is 1. The number of rotatable bonds is 6. The van der Waals surface area contributed by atoms with Crippen LogP contribution in [0.25, 0.3) is 10.1 Å². The van der Waals surface area contributed by atoms with Gasteiger partial charge in [-0.2, -0.15) is 0 Å². The molecular formula is C13H18N2OS. The molecule has 4 heteroatoms. The molecule has 0 aliphatic heterocycles. The molecule has 0 aliphatic rings. The SMILES string of the molecule is CCNCCCCn1ccc2sccc2c1=O. The Morgan fingerprint density at radius 1 is 1.35 bits per heavy atom. The first-order valence-electron chi connectivity index (χ1n) is 6.10. The Bertz CT molecular complexity index is 529. The van der Waals surface area contributed by atoms with Gasteiger partial charge in [0.1, 0.15) is 0 Å². The first kappa shape index (κ1) is 12.3. The summed E-state index contributed by atoms with van der Waals surface area (Å²) in [5.74, 6) is 0. The zero-order valence-electron chi connectivity index (χ0n) is 10.1. The van der Waals surface area contributed by atoms with Crippen LogP contribution in [0, 0.1) is 0 Å². The van der Waals surface area contributed by atoms with E-state index in [0.717, 1.165) is 42.6 Å². The van der Waals surface area contributed by atoms with Crippen LogP contribution in [-0.2, 0) is 6.54 Å². The zero-order valence-corrected chi connectivity index (χ0v) is 10.9. The number of thiophene rings is 1. The van der Waals surface area contributed by atoms with E-state index in [0.29, 0.717) is 0 Å². The van der Waals surface area contributed by atoms with Crippen molar-refractivity contribution < 1.29 is 0 Å². The molecule has 0 fully saturated rings. The first-order valence-corrected chi connectivity index (χ1v) is 6.98. The highest BCUT2D eigenvalue weighted by Gasteiger charge is 2.02. The molecule has 0 atom stereocenters. The minimum absolute atomic E-state index is 0.146. The molecule has 0 radical (unpaired) electrons. The van der Waals surface area contributed by atoms with E-state index in [2.05, 4.69) is 12.2 Å². The van der Waals surface area contributed by atoms with Gasteiger partial charge in [0.2, 0.25) is 0 Å². The Kier molecular flexibility index (Phi) is 4.34. The van der Waals surface area contributed by atoms with Crippen LogP contribution >= 0.6 is 11.3 Å². The first-order chi connectivity index (χ1) is 8.33. The van der Waals surface area contributed by atoms with Gasteiger partial charge in [-0.05, 0) is 43.4 Å². The van der Waals surface area contributed by atoms with Gasteiger partial charge in [-0.1, -0.05) is 6.92 Å². The van der Waals surface area contributed by atoms with Crippen molar-refractivity contribution in [2.24, 2.45) is 0 Å². The quantitative estimate of drug-likeness (QED) is 0.799. The number of aryl methyl sites for hydroxylation is 1. The molecule has 2 aromatic heterocycles. The molecule has 0 unspecified atom stereocenters. The highest BCUT2D eigenvalue weighted by atomic mass is 32.1. The topological polar surface area (TPSA) is 34.0 Å². The van der Waals surface area contributed by atoms with E-state index in [4.69, 9.17) is 0 Å². The summed E-state index contributed by atoms with van der Waals surface area (Å²) < 4.78 is 2.90. The zero-order chi connectivity index (χ0) is 12.1. The average molecular weight is 250 g/mol. The van der Waals surface area contributed by atoms with Crippen LogP contribution in [0.5, 0.6) is 0 Å². The number of unbranched alkanes of at least 4 members (excludes halogenated alkanes) is 1. The van der Waals surface area contributed by atoms with Crippen LogP contribution in [0.4, 0.5) is 0 Å². The van der Waals surface area contributed by atoms with Gasteiger partial charge in [0.25, 0.3) is 5.56 Å². The van der Waals surface area contributed by atoms with E-state index in [-0.39, 0.29) is 5.56 Å². The van der Waals surface area contributed by atoms with Gasteiger partial charge in [-0.25, -0.2) is 0 Å². The molecule has 0 amide bonds. The lowest BCUT2D eigenvalue weighted by molar-refractivity contribution is 0.569. The van der Waals surface area contributed by atoms with Gasteiger partial charge in [0.15, 0.2) is 0 Å². The summed E-state index contributed by atoms with van der Waals surface area (Å²) in [4.78, 5) is 12.1. The van der Waals surface area contributed by atoms with Gasteiger partial charge in [0, 0.05) is 17.4 Å². The van der Waals surface area contributed by atoms with Crippen LogP contribution in [-0.4, -0.2) is 17.7 Å². The second-order valence-corrected chi connectivity index (χ2v) is 5.02. The normalized spacial score (nSPS) is 11.1. The predicted octanol–water partition coefficient (Wildman–Crippen LogP) is 2.45. The van der Waals surface area contributed by atoms with E-state index in [1.807, 2.05) is 28.3 Å². The third-order valence-electron chi connectivity index (χ3n) is 2.84. The van der Waals surface area contributed by atoms with Crippen molar-refractivity contribution in [3.8, 4) is 0 Å². The lowest BCUT2D eigenvalue weighted by Crippen LogP contribution is -2.20. The third kappa shape index (κ3) is 2.96. The summed E-state index contributed by atoms with van der Waals surface area (Å²) in [6, 6.07) is 3.95. The van der Waals surface area contributed by atoms with Gasteiger partial charge in [0.05, 0.1) is 5.39 Å². The molecule has 3 nitrogen and oxygen atoms in total. The Hall–Kier alpha value is -1.13. The number of fused-ring (bicyclic) bond motifs is 1. The largest absolute Gasteiger partial charge is 0.317 e. The summed E-state index contributed by atoms with van der Waals surface area (Å²) >= 11 is 1.62. The molecule has 2 heterocycles. The summed E-state index contributed by atoms with van der Waals surface area (Å²) in [6.45, 7) is 4.97. The van der Waals surface area contributed by atoms with Crippen molar-refractivity contribution in [1.29, 1.82) is 0 Å². The van der Waals surface area contributed by atoms with Crippen LogP contribution in [0.2, 0.25) is 0 Å². The predicted molar refractivity (Wildman–Crippen MR) is 73.9 cm³/mol. The van der Waals surface area contributed by atoms with Crippen molar-refractivity contribution in [2.45, 2.75) is 26.3 Å². The number of aromatic nitrogens is 1. The van der Waals surface area contributed by atoms with E-state index in [9.17, 15) is 4.79 Å². The molecule has 0 aromatic carbocycles. The third-order valence-corrected chi connectivity index (χ3v) is 3.73. The van der Waals surface area contributed by atoms with Gasteiger partial charge in [-0.3, -0.25) is 4.79 Å². The smallest absolute Gasteiger partial charge is 0.259 e. The maximum atomic E-state index is 12.1. The van der Waals surface area contributed by atoms with Crippen LogP contribution < -0.4 is 10.9 Å². The van der Waals surface area contributed by atoms with Crippen LogP contribution in [0.3, 0.4) is 0 Å².